The van der Waals surface area contributed by atoms with Crippen LogP contribution in [0.15, 0.2) is 36.5 Å². The molecule has 0 saturated carbocycles. The van der Waals surface area contributed by atoms with Gasteiger partial charge in [-0.15, -0.1) is 0 Å². The van der Waals surface area contributed by atoms with Crippen molar-refractivity contribution >= 4 is 11.7 Å². The second-order valence-electron chi connectivity index (χ2n) is 4.78. The van der Waals surface area contributed by atoms with Crippen molar-refractivity contribution in [2.75, 3.05) is 18.5 Å². The molecule has 1 fully saturated rings. The predicted molar refractivity (Wildman–Crippen MR) is 76.4 cm³/mol. The molecule has 1 N–H and O–H groups in total. The fourth-order valence-electron chi connectivity index (χ4n) is 1.91. The number of aromatic nitrogens is 2. The van der Waals surface area contributed by atoms with E-state index < -0.39 is 0 Å². The molecular weight excluding hydrogens is 270 g/mol. The molecule has 6 heteroatoms. The van der Waals surface area contributed by atoms with E-state index in [0.717, 1.165) is 5.69 Å². The third kappa shape index (κ3) is 3.35. The largest absolute Gasteiger partial charge is 0.485 e. The van der Waals surface area contributed by atoms with Gasteiger partial charge in [0.2, 0.25) is 0 Å². The average Bonchev–Trinajstić information content (AvgIpc) is 2.43. The Balaban J connectivity index is 1.75. The predicted octanol–water partition coefficient (Wildman–Crippen LogP) is 1.81. The van der Waals surface area contributed by atoms with E-state index in [1.54, 1.807) is 36.5 Å². The number of hydrogen-bond donors (Lipinski definition) is 1. The Bertz CT molecular complexity index is 642. The lowest BCUT2D eigenvalue weighted by Gasteiger charge is -2.26. The third-order valence-corrected chi connectivity index (χ3v) is 2.98. The van der Waals surface area contributed by atoms with Crippen LogP contribution in [0.4, 0.5) is 5.82 Å². The summed E-state index contributed by atoms with van der Waals surface area (Å²) in [5.41, 5.74) is 1.02. The number of amides is 1. The summed E-state index contributed by atoms with van der Waals surface area (Å²) < 4.78 is 10.8. The van der Waals surface area contributed by atoms with Gasteiger partial charge in [-0.05, 0) is 19.1 Å². The highest BCUT2D eigenvalue weighted by molar-refractivity contribution is 6.02. The summed E-state index contributed by atoms with van der Waals surface area (Å²) in [6.07, 6.45) is 1.67. The first-order chi connectivity index (χ1) is 10.2. The summed E-state index contributed by atoms with van der Waals surface area (Å²) in [5.74, 6) is 0.801. The van der Waals surface area contributed by atoms with Crippen molar-refractivity contribution in [1.82, 2.24) is 9.97 Å². The van der Waals surface area contributed by atoms with Crippen molar-refractivity contribution in [3.63, 3.8) is 0 Å². The number of pyridine rings is 2. The van der Waals surface area contributed by atoms with Gasteiger partial charge in [-0.2, -0.15) is 0 Å². The number of carbonyl (C=O) groups excluding carboxylic acids is 1. The summed E-state index contributed by atoms with van der Waals surface area (Å²) in [6.45, 7) is 2.98. The first-order valence-electron chi connectivity index (χ1n) is 6.66. The topological polar surface area (TPSA) is 73.3 Å². The molecule has 108 valence electrons. The second-order valence-corrected chi connectivity index (χ2v) is 4.78. The van der Waals surface area contributed by atoms with Crippen LogP contribution in [0.25, 0.3) is 0 Å². The molecule has 3 rings (SSSR count). The van der Waals surface area contributed by atoms with Crippen molar-refractivity contribution < 1.29 is 14.3 Å². The molecule has 2 aromatic heterocycles. The number of aryl methyl sites for hydroxylation is 1. The molecule has 0 radical (unpaired) electrons. The minimum absolute atomic E-state index is 0.0542. The van der Waals surface area contributed by atoms with Gasteiger partial charge in [0.1, 0.15) is 23.4 Å². The molecule has 3 heterocycles. The monoisotopic (exact) mass is 285 g/mol. The van der Waals surface area contributed by atoms with Crippen molar-refractivity contribution in [3.8, 4) is 5.75 Å². The summed E-state index contributed by atoms with van der Waals surface area (Å²) in [4.78, 5) is 20.5. The summed E-state index contributed by atoms with van der Waals surface area (Å²) in [7, 11) is 0. The van der Waals surface area contributed by atoms with Gasteiger partial charge >= 0.3 is 0 Å². The molecule has 0 aromatic carbocycles. The summed E-state index contributed by atoms with van der Waals surface area (Å²) in [5, 5.41) is 2.70. The molecule has 0 aliphatic carbocycles. The number of nitrogens with one attached hydrogen (secondary N) is 1. The maximum absolute atomic E-state index is 12.2. The lowest BCUT2D eigenvalue weighted by atomic mass is 10.2. The van der Waals surface area contributed by atoms with Crippen molar-refractivity contribution in [2.24, 2.45) is 0 Å². The van der Waals surface area contributed by atoms with Crippen LogP contribution < -0.4 is 10.1 Å². The highest BCUT2D eigenvalue weighted by Crippen LogP contribution is 2.19. The molecule has 6 nitrogen and oxygen atoms in total. The highest BCUT2D eigenvalue weighted by atomic mass is 16.6. The Kier molecular flexibility index (Phi) is 3.79. The Morgan fingerprint density at radius 2 is 2.24 bits per heavy atom. The van der Waals surface area contributed by atoms with E-state index in [4.69, 9.17) is 9.47 Å². The van der Waals surface area contributed by atoms with Gasteiger partial charge < -0.3 is 14.8 Å². The van der Waals surface area contributed by atoms with Crippen LogP contribution >= 0.6 is 0 Å². The van der Waals surface area contributed by atoms with Crippen LogP contribution in [0.1, 0.15) is 16.2 Å². The van der Waals surface area contributed by atoms with Crippen LogP contribution in [0.5, 0.6) is 5.75 Å². The first kappa shape index (κ1) is 13.5. The molecule has 2 aromatic rings. The fourth-order valence-corrected chi connectivity index (χ4v) is 1.91. The second kappa shape index (κ2) is 5.88. The average molecular weight is 285 g/mol. The number of ether oxygens (including phenoxy) is 2. The maximum atomic E-state index is 12.2. The molecular formula is C15H15N3O3. The third-order valence-electron chi connectivity index (χ3n) is 2.98. The van der Waals surface area contributed by atoms with Crippen LogP contribution in [0, 0.1) is 6.92 Å². The van der Waals surface area contributed by atoms with Gasteiger partial charge in [0.05, 0.1) is 13.2 Å². The Hall–Kier alpha value is -2.47. The minimum atomic E-state index is -0.313. The van der Waals surface area contributed by atoms with E-state index in [1.165, 1.54) is 0 Å². The van der Waals surface area contributed by atoms with E-state index in [2.05, 4.69) is 15.3 Å². The quantitative estimate of drug-likeness (QED) is 0.927. The number of rotatable bonds is 4. The fraction of sp³-hybridized carbons (Fsp3) is 0.267. The Labute approximate surface area is 122 Å². The van der Waals surface area contributed by atoms with Crippen LogP contribution in [-0.4, -0.2) is 35.2 Å². The van der Waals surface area contributed by atoms with Crippen LogP contribution in [0.3, 0.4) is 0 Å². The van der Waals surface area contributed by atoms with Gasteiger partial charge in [0.15, 0.2) is 0 Å². The molecule has 1 aliphatic heterocycles. The van der Waals surface area contributed by atoms with Gasteiger partial charge in [-0.25, -0.2) is 9.97 Å². The molecule has 0 unspecified atom stereocenters. The van der Waals surface area contributed by atoms with E-state index in [-0.39, 0.29) is 12.0 Å². The van der Waals surface area contributed by atoms with Gasteiger partial charge in [0, 0.05) is 24.0 Å². The molecule has 1 amide bonds. The van der Waals surface area contributed by atoms with E-state index in [0.29, 0.717) is 30.5 Å². The van der Waals surface area contributed by atoms with Crippen molar-refractivity contribution in [3.05, 3.63) is 47.9 Å². The van der Waals surface area contributed by atoms with Crippen LogP contribution in [-0.2, 0) is 4.74 Å². The Morgan fingerprint density at radius 1 is 1.38 bits per heavy atom. The number of anilines is 1. The van der Waals surface area contributed by atoms with Gasteiger partial charge in [-0.3, -0.25) is 4.79 Å². The van der Waals surface area contributed by atoms with Gasteiger partial charge in [-0.1, -0.05) is 6.07 Å². The Morgan fingerprint density at radius 3 is 2.90 bits per heavy atom. The van der Waals surface area contributed by atoms with Crippen molar-refractivity contribution in [1.29, 1.82) is 0 Å². The molecule has 1 saturated heterocycles. The van der Waals surface area contributed by atoms with Gasteiger partial charge in [0.25, 0.3) is 5.91 Å². The zero-order chi connectivity index (χ0) is 14.7. The lowest BCUT2D eigenvalue weighted by molar-refractivity contribution is -0.0797. The summed E-state index contributed by atoms with van der Waals surface area (Å²) in [6, 6.07) is 8.74. The molecule has 1 aliphatic rings. The number of nitrogens with zero attached hydrogens (tertiary/aromatic N) is 2. The molecule has 0 spiro atoms. The zero-order valence-corrected chi connectivity index (χ0v) is 11.6. The zero-order valence-electron chi connectivity index (χ0n) is 11.6. The standard InChI is InChI=1S/C15H15N3O3/c1-10-6-11(21-12-8-20-9-12)7-13(17-10)15(19)18-14-4-2-3-5-16-14/h2-7,12H,8-9H2,1H3,(H,16,18,19). The van der Waals surface area contributed by atoms with Crippen LogP contribution in [0.2, 0.25) is 0 Å². The highest BCUT2D eigenvalue weighted by Gasteiger charge is 2.21. The van der Waals surface area contributed by atoms with E-state index in [9.17, 15) is 4.79 Å². The smallest absolute Gasteiger partial charge is 0.275 e. The normalized spacial score (nSPS) is 14.3. The lowest BCUT2D eigenvalue weighted by Crippen LogP contribution is -2.38. The van der Waals surface area contributed by atoms with E-state index in [1.807, 2.05) is 6.92 Å². The SMILES string of the molecule is Cc1cc(OC2COC2)cc(C(=O)Nc2ccccn2)n1. The number of carbonyl (C=O) groups is 1. The minimum Gasteiger partial charge on any atom is -0.485 e. The maximum Gasteiger partial charge on any atom is 0.275 e. The van der Waals surface area contributed by atoms with E-state index >= 15 is 0 Å². The van der Waals surface area contributed by atoms with Crippen molar-refractivity contribution in [2.45, 2.75) is 13.0 Å². The molecule has 0 bridgehead atoms. The molecule has 0 atom stereocenters. The first-order valence-corrected chi connectivity index (χ1v) is 6.66. The molecule has 21 heavy (non-hydrogen) atoms. The summed E-state index contributed by atoms with van der Waals surface area (Å²) >= 11 is 0. The number of hydrogen-bond acceptors (Lipinski definition) is 5.